The molecule has 2 rings (SSSR count). The summed E-state index contributed by atoms with van der Waals surface area (Å²) in [5.41, 5.74) is 5.45. The molecule has 0 saturated heterocycles. The van der Waals surface area contributed by atoms with Gasteiger partial charge >= 0.3 is 0 Å². The first-order valence-electron chi connectivity index (χ1n) is 6.80. The van der Waals surface area contributed by atoms with Crippen LogP contribution >= 0.6 is 11.8 Å². The molecule has 1 aromatic rings. The number of hydrogen-bond acceptors (Lipinski definition) is 5. The van der Waals surface area contributed by atoms with Crippen LogP contribution in [0.3, 0.4) is 0 Å². The highest BCUT2D eigenvalue weighted by Gasteiger charge is 2.20. The predicted molar refractivity (Wildman–Crippen MR) is 75.7 cm³/mol. The van der Waals surface area contributed by atoms with Crippen molar-refractivity contribution in [1.29, 1.82) is 0 Å². The summed E-state index contributed by atoms with van der Waals surface area (Å²) in [7, 11) is 0. The molecule has 0 bridgehead atoms. The van der Waals surface area contributed by atoms with Gasteiger partial charge in [-0.2, -0.15) is 4.98 Å². The SMILES string of the molecule is C[C@H](Sc1n[nH]c(N)n1)C(=O)NC1CCCCCC1. The van der Waals surface area contributed by atoms with Gasteiger partial charge in [0, 0.05) is 6.04 Å². The first-order chi connectivity index (χ1) is 9.15. The number of thioether (sulfide) groups is 1. The number of nitrogen functional groups attached to an aromatic ring is 1. The molecule has 1 fully saturated rings. The highest BCUT2D eigenvalue weighted by molar-refractivity contribution is 8.00. The minimum atomic E-state index is -0.210. The van der Waals surface area contributed by atoms with Crippen molar-refractivity contribution in [2.24, 2.45) is 0 Å². The number of carbonyl (C=O) groups is 1. The fourth-order valence-corrected chi connectivity index (χ4v) is 3.01. The van der Waals surface area contributed by atoms with Crippen molar-refractivity contribution >= 4 is 23.6 Å². The number of rotatable bonds is 4. The van der Waals surface area contributed by atoms with Gasteiger partial charge in [-0.15, -0.1) is 5.10 Å². The second-order valence-corrected chi connectivity index (χ2v) is 6.27. The van der Waals surface area contributed by atoms with Crippen LogP contribution in [0.25, 0.3) is 0 Å². The Bertz CT molecular complexity index is 414. The zero-order chi connectivity index (χ0) is 13.7. The van der Waals surface area contributed by atoms with Gasteiger partial charge in [-0.3, -0.25) is 4.79 Å². The van der Waals surface area contributed by atoms with Gasteiger partial charge in [0.2, 0.25) is 17.0 Å². The summed E-state index contributed by atoms with van der Waals surface area (Å²) in [4.78, 5) is 16.1. The van der Waals surface area contributed by atoms with E-state index in [9.17, 15) is 4.79 Å². The average molecular weight is 283 g/mol. The molecular weight excluding hydrogens is 262 g/mol. The third-order valence-electron chi connectivity index (χ3n) is 3.34. The van der Waals surface area contributed by atoms with Crippen LogP contribution in [-0.4, -0.2) is 32.4 Å². The smallest absolute Gasteiger partial charge is 0.233 e. The minimum Gasteiger partial charge on any atom is -0.368 e. The van der Waals surface area contributed by atoms with E-state index in [0.29, 0.717) is 11.2 Å². The normalized spacial score (nSPS) is 18.8. The number of hydrogen-bond donors (Lipinski definition) is 3. The number of H-pyrrole nitrogens is 1. The van der Waals surface area contributed by atoms with E-state index in [4.69, 9.17) is 5.73 Å². The summed E-state index contributed by atoms with van der Waals surface area (Å²) in [6.45, 7) is 1.86. The summed E-state index contributed by atoms with van der Waals surface area (Å²) >= 11 is 1.32. The second-order valence-electron chi connectivity index (χ2n) is 4.96. The summed E-state index contributed by atoms with van der Waals surface area (Å²) in [5, 5.41) is 9.92. The van der Waals surface area contributed by atoms with Gasteiger partial charge in [0.05, 0.1) is 5.25 Å². The number of nitrogens with zero attached hydrogens (tertiary/aromatic N) is 2. The van der Waals surface area contributed by atoms with E-state index in [0.717, 1.165) is 12.8 Å². The minimum absolute atomic E-state index is 0.0558. The molecule has 0 aromatic carbocycles. The third-order valence-corrected chi connectivity index (χ3v) is 4.30. The van der Waals surface area contributed by atoms with Crippen LogP contribution in [-0.2, 0) is 4.79 Å². The first-order valence-corrected chi connectivity index (χ1v) is 7.68. The Morgan fingerprint density at radius 3 is 2.68 bits per heavy atom. The standard InChI is InChI=1S/C12H21N5OS/c1-8(19-12-15-11(13)16-17-12)10(18)14-9-6-4-2-3-5-7-9/h8-9H,2-7H2,1H3,(H,14,18)(H3,13,15,16,17)/t8-/m0/s1. The van der Waals surface area contributed by atoms with Crippen LogP contribution in [0, 0.1) is 0 Å². The number of nitrogens with two attached hydrogens (primary N) is 1. The quantitative estimate of drug-likeness (QED) is 0.577. The van der Waals surface area contributed by atoms with Gasteiger partial charge in [-0.1, -0.05) is 37.4 Å². The molecule has 1 saturated carbocycles. The molecule has 7 heteroatoms. The highest BCUT2D eigenvalue weighted by Crippen LogP contribution is 2.21. The molecule has 1 aliphatic carbocycles. The summed E-state index contributed by atoms with van der Waals surface area (Å²) < 4.78 is 0. The fraction of sp³-hybridized carbons (Fsp3) is 0.750. The van der Waals surface area contributed by atoms with Gasteiger partial charge in [0.25, 0.3) is 0 Å². The largest absolute Gasteiger partial charge is 0.368 e. The molecule has 6 nitrogen and oxygen atoms in total. The van der Waals surface area contributed by atoms with Crippen LogP contribution in [0.1, 0.15) is 45.4 Å². The molecule has 4 N–H and O–H groups in total. The maximum absolute atomic E-state index is 12.1. The fourth-order valence-electron chi connectivity index (χ4n) is 2.26. The van der Waals surface area contributed by atoms with Crippen molar-refractivity contribution in [3.05, 3.63) is 0 Å². The van der Waals surface area contributed by atoms with Gasteiger partial charge < -0.3 is 11.1 Å². The lowest BCUT2D eigenvalue weighted by molar-refractivity contribution is -0.121. The van der Waals surface area contributed by atoms with E-state index < -0.39 is 0 Å². The molecular formula is C12H21N5OS. The van der Waals surface area contributed by atoms with Crippen LogP contribution in [0.2, 0.25) is 0 Å². The molecule has 0 radical (unpaired) electrons. The topological polar surface area (TPSA) is 96.7 Å². The van der Waals surface area contributed by atoms with Crippen LogP contribution in [0.4, 0.5) is 5.95 Å². The van der Waals surface area contributed by atoms with Crippen LogP contribution < -0.4 is 11.1 Å². The van der Waals surface area contributed by atoms with E-state index in [1.807, 2.05) is 6.92 Å². The zero-order valence-electron chi connectivity index (χ0n) is 11.2. The van der Waals surface area contributed by atoms with Gasteiger partial charge in [0.1, 0.15) is 0 Å². The van der Waals surface area contributed by atoms with E-state index in [-0.39, 0.29) is 17.1 Å². The summed E-state index contributed by atoms with van der Waals surface area (Å²) in [6, 6.07) is 0.329. The van der Waals surface area contributed by atoms with Gasteiger partial charge in [-0.05, 0) is 19.8 Å². The highest BCUT2D eigenvalue weighted by atomic mass is 32.2. The average Bonchev–Trinajstić information content (AvgIpc) is 2.64. The third kappa shape index (κ3) is 4.41. The lowest BCUT2D eigenvalue weighted by Gasteiger charge is -2.18. The van der Waals surface area contributed by atoms with Crippen molar-refractivity contribution in [3.8, 4) is 0 Å². The summed E-state index contributed by atoms with van der Waals surface area (Å²) in [6.07, 6.45) is 7.18. The molecule has 0 unspecified atom stereocenters. The van der Waals surface area contributed by atoms with Crippen molar-refractivity contribution in [2.75, 3.05) is 5.73 Å². The first kappa shape index (κ1) is 14.2. The lowest BCUT2D eigenvalue weighted by Crippen LogP contribution is -2.39. The van der Waals surface area contributed by atoms with E-state index in [2.05, 4.69) is 20.5 Å². The Labute approximate surface area is 117 Å². The van der Waals surface area contributed by atoms with Crippen molar-refractivity contribution < 1.29 is 4.79 Å². The Hall–Kier alpha value is -1.24. The Morgan fingerprint density at radius 1 is 1.42 bits per heavy atom. The van der Waals surface area contributed by atoms with Crippen molar-refractivity contribution in [3.63, 3.8) is 0 Å². The molecule has 0 aliphatic heterocycles. The summed E-state index contributed by atoms with van der Waals surface area (Å²) in [5.74, 6) is 0.333. The molecule has 1 atom stereocenters. The van der Waals surface area contributed by atoms with Crippen molar-refractivity contribution in [1.82, 2.24) is 20.5 Å². The Balaban J connectivity index is 1.81. The monoisotopic (exact) mass is 283 g/mol. The van der Waals surface area contributed by atoms with E-state index >= 15 is 0 Å². The van der Waals surface area contributed by atoms with E-state index in [1.54, 1.807) is 0 Å². The van der Waals surface area contributed by atoms with Crippen LogP contribution in [0.5, 0.6) is 0 Å². The zero-order valence-corrected chi connectivity index (χ0v) is 12.0. The maximum Gasteiger partial charge on any atom is 0.233 e. The molecule has 1 aliphatic rings. The number of amides is 1. The van der Waals surface area contributed by atoms with Gasteiger partial charge in [-0.25, -0.2) is 5.10 Å². The van der Waals surface area contributed by atoms with Crippen LogP contribution in [0.15, 0.2) is 5.16 Å². The number of nitrogens with one attached hydrogen (secondary N) is 2. The van der Waals surface area contributed by atoms with Gasteiger partial charge in [0.15, 0.2) is 0 Å². The molecule has 1 heterocycles. The molecule has 19 heavy (non-hydrogen) atoms. The predicted octanol–water partition coefficient (Wildman–Crippen LogP) is 1.71. The molecule has 1 aromatic heterocycles. The molecule has 0 spiro atoms. The Kier molecular flexibility index (Phi) is 5.07. The Morgan fingerprint density at radius 2 is 2.11 bits per heavy atom. The molecule has 1 amide bonds. The van der Waals surface area contributed by atoms with Crippen molar-refractivity contribution in [2.45, 2.75) is 61.9 Å². The number of aromatic nitrogens is 3. The van der Waals surface area contributed by atoms with E-state index in [1.165, 1.54) is 37.4 Å². The number of anilines is 1. The number of carbonyl (C=O) groups excluding carboxylic acids is 1. The second kappa shape index (κ2) is 6.79. The lowest BCUT2D eigenvalue weighted by atomic mass is 10.1. The number of aromatic amines is 1. The molecule has 106 valence electrons. The maximum atomic E-state index is 12.1.